The second-order valence-corrected chi connectivity index (χ2v) is 6.10. The van der Waals surface area contributed by atoms with E-state index in [1.165, 1.54) is 0 Å². The van der Waals surface area contributed by atoms with E-state index in [-0.39, 0.29) is 17.7 Å². The highest BCUT2D eigenvalue weighted by atomic mass is 35.5. The van der Waals surface area contributed by atoms with Gasteiger partial charge in [-0.15, -0.1) is 0 Å². The number of unbranched alkanes of at least 4 members (excludes halogenated alkanes) is 2. The maximum absolute atomic E-state index is 11.9. The molecule has 0 saturated carbocycles. The lowest BCUT2D eigenvalue weighted by atomic mass is 9.95. The number of Topliss-reactive ketones (excluding diaryl/α,β-unsaturated/α-hetero) is 1. The number of rotatable bonds is 9. The standard InChI is InChI=1S/C13H24ClNO3/c1-5-6-7-8-11(16)10(13(17)18)9-12(14)15(2,3)4/h10,12H,5-9H2,1-4H3/p+1/t10-,12-/m1/s1. The first-order valence-electron chi connectivity index (χ1n) is 6.40. The summed E-state index contributed by atoms with van der Waals surface area (Å²) in [6.07, 6.45) is 3.26. The molecule has 106 valence electrons. The van der Waals surface area contributed by atoms with E-state index < -0.39 is 11.9 Å². The second kappa shape index (κ2) is 7.74. The Morgan fingerprint density at radius 2 is 1.78 bits per heavy atom. The quantitative estimate of drug-likeness (QED) is 0.232. The van der Waals surface area contributed by atoms with Crippen molar-refractivity contribution in [3.63, 3.8) is 0 Å². The van der Waals surface area contributed by atoms with Gasteiger partial charge in [0.1, 0.15) is 11.7 Å². The Morgan fingerprint density at radius 3 is 2.17 bits per heavy atom. The van der Waals surface area contributed by atoms with E-state index in [4.69, 9.17) is 16.7 Å². The summed E-state index contributed by atoms with van der Waals surface area (Å²) in [5.41, 5.74) is -0.374. The first kappa shape index (κ1) is 17.4. The zero-order valence-electron chi connectivity index (χ0n) is 11.8. The van der Waals surface area contributed by atoms with Crippen LogP contribution in [0.2, 0.25) is 0 Å². The Bertz CT molecular complexity index is 286. The van der Waals surface area contributed by atoms with Crippen LogP contribution in [0, 0.1) is 5.92 Å². The average Bonchev–Trinajstić information content (AvgIpc) is 2.23. The molecule has 5 heteroatoms. The molecule has 0 heterocycles. The number of hydrogen-bond acceptors (Lipinski definition) is 2. The van der Waals surface area contributed by atoms with Gasteiger partial charge >= 0.3 is 5.97 Å². The minimum absolute atomic E-state index is 0.186. The van der Waals surface area contributed by atoms with E-state index in [2.05, 4.69) is 0 Å². The van der Waals surface area contributed by atoms with Gasteiger partial charge in [-0.25, -0.2) is 0 Å². The van der Waals surface area contributed by atoms with Gasteiger partial charge in [0.05, 0.1) is 21.1 Å². The van der Waals surface area contributed by atoms with Crippen molar-refractivity contribution in [3.05, 3.63) is 0 Å². The van der Waals surface area contributed by atoms with E-state index in [9.17, 15) is 9.59 Å². The van der Waals surface area contributed by atoms with Crippen LogP contribution in [0.15, 0.2) is 0 Å². The second-order valence-electron chi connectivity index (χ2n) is 5.60. The molecule has 0 unspecified atom stereocenters. The van der Waals surface area contributed by atoms with Crippen LogP contribution in [0.1, 0.15) is 39.0 Å². The maximum Gasteiger partial charge on any atom is 0.314 e. The third-order valence-electron chi connectivity index (χ3n) is 2.98. The number of nitrogens with zero attached hydrogens (tertiary/aromatic N) is 1. The summed E-state index contributed by atoms with van der Waals surface area (Å²) < 4.78 is 0.438. The lowest BCUT2D eigenvalue weighted by Gasteiger charge is -2.30. The van der Waals surface area contributed by atoms with Gasteiger partial charge in [-0.2, -0.15) is 0 Å². The summed E-state index contributed by atoms with van der Waals surface area (Å²) in [7, 11) is 5.66. The van der Waals surface area contributed by atoms with E-state index in [1.54, 1.807) is 0 Å². The van der Waals surface area contributed by atoms with Crippen molar-refractivity contribution in [1.29, 1.82) is 0 Å². The Labute approximate surface area is 115 Å². The highest BCUT2D eigenvalue weighted by Gasteiger charge is 2.33. The summed E-state index contributed by atoms with van der Waals surface area (Å²) in [6.45, 7) is 2.05. The largest absolute Gasteiger partial charge is 0.481 e. The fraction of sp³-hybridized carbons (Fsp3) is 0.846. The zero-order chi connectivity index (χ0) is 14.3. The lowest BCUT2D eigenvalue weighted by Crippen LogP contribution is -2.44. The predicted octanol–water partition coefficient (Wildman–Crippen LogP) is 2.50. The highest BCUT2D eigenvalue weighted by molar-refractivity contribution is 6.20. The van der Waals surface area contributed by atoms with Gasteiger partial charge in [-0.05, 0) is 6.42 Å². The molecule has 0 aromatic carbocycles. The average molecular weight is 279 g/mol. The van der Waals surface area contributed by atoms with Crippen LogP contribution in [0.3, 0.4) is 0 Å². The molecular formula is C13H25ClNO3+. The summed E-state index contributed by atoms with van der Waals surface area (Å²) in [5, 5.41) is 9.13. The molecule has 0 spiro atoms. The van der Waals surface area contributed by atoms with Crippen LogP contribution in [-0.2, 0) is 9.59 Å². The predicted molar refractivity (Wildman–Crippen MR) is 72.6 cm³/mol. The Kier molecular flexibility index (Phi) is 7.48. The molecule has 0 radical (unpaired) electrons. The van der Waals surface area contributed by atoms with E-state index in [0.29, 0.717) is 10.9 Å². The first-order chi connectivity index (χ1) is 8.20. The summed E-state index contributed by atoms with van der Waals surface area (Å²) >= 11 is 6.16. The van der Waals surface area contributed by atoms with Crippen molar-refractivity contribution < 1.29 is 19.2 Å². The fourth-order valence-electron chi connectivity index (χ4n) is 1.60. The number of carboxylic acid groups (broad SMARTS) is 1. The molecule has 1 N–H and O–H groups in total. The highest BCUT2D eigenvalue weighted by Crippen LogP contribution is 2.21. The number of alkyl halides is 1. The van der Waals surface area contributed by atoms with Crippen molar-refractivity contribution in [2.45, 2.75) is 44.5 Å². The molecule has 0 aliphatic carbocycles. The van der Waals surface area contributed by atoms with Crippen molar-refractivity contribution in [2.75, 3.05) is 21.1 Å². The van der Waals surface area contributed by atoms with Crippen molar-refractivity contribution in [1.82, 2.24) is 0 Å². The van der Waals surface area contributed by atoms with Crippen LogP contribution in [0.4, 0.5) is 0 Å². The van der Waals surface area contributed by atoms with Crippen molar-refractivity contribution in [3.8, 4) is 0 Å². The monoisotopic (exact) mass is 278 g/mol. The van der Waals surface area contributed by atoms with E-state index >= 15 is 0 Å². The number of carboxylic acids is 1. The number of carbonyl (C=O) groups is 2. The molecule has 0 aromatic rings. The molecule has 0 rings (SSSR count). The normalized spacial score (nSPS) is 15.2. The molecule has 0 fully saturated rings. The van der Waals surface area contributed by atoms with Crippen molar-refractivity contribution in [2.24, 2.45) is 5.92 Å². The third-order valence-corrected chi connectivity index (χ3v) is 3.75. The van der Waals surface area contributed by atoms with Gasteiger partial charge in [0, 0.05) is 12.8 Å². The first-order valence-corrected chi connectivity index (χ1v) is 6.84. The lowest BCUT2D eigenvalue weighted by molar-refractivity contribution is -0.883. The number of carbonyl (C=O) groups excluding carboxylic acids is 1. The molecule has 18 heavy (non-hydrogen) atoms. The summed E-state index contributed by atoms with van der Waals surface area (Å²) in [4.78, 5) is 23.0. The number of aliphatic carboxylic acids is 1. The minimum Gasteiger partial charge on any atom is -0.481 e. The number of quaternary nitrogens is 1. The van der Waals surface area contributed by atoms with Gasteiger partial charge in [-0.1, -0.05) is 31.4 Å². The summed E-state index contributed by atoms with van der Waals surface area (Å²) in [6, 6.07) is 0. The number of halogens is 1. The summed E-state index contributed by atoms with van der Waals surface area (Å²) in [5.74, 6) is -2.23. The SMILES string of the molecule is CCCCCC(=O)[C@@H](C[C@H](Cl)[N+](C)(C)C)C(=O)O. The van der Waals surface area contributed by atoms with Gasteiger partial charge in [-0.3, -0.25) is 9.59 Å². The molecule has 0 saturated heterocycles. The maximum atomic E-state index is 11.9. The molecule has 0 bridgehead atoms. The van der Waals surface area contributed by atoms with Gasteiger partial charge < -0.3 is 9.59 Å². The molecule has 2 atom stereocenters. The van der Waals surface area contributed by atoms with Crippen molar-refractivity contribution >= 4 is 23.4 Å². The molecule has 0 aliphatic rings. The van der Waals surface area contributed by atoms with Crippen LogP contribution in [0.5, 0.6) is 0 Å². The Morgan fingerprint density at radius 1 is 1.22 bits per heavy atom. The molecule has 0 amide bonds. The zero-order valence-corrected chi connectivity index (χ0v) is 12.5. The van der Waals surface area contributed by atoms with Gasteiger partial charge in [0.2, 0.25) is 0 Å². The molecule has 0 aromatic heterocycles. The fourth-order valence-corrected chi connectivity index (χ4v) is 1.78. The Hall–Kier alpha value is -0.610. The minimum atomic E-state index is -1.06. The number of ketones is 1. The van der Waals surface area contributed by atoms with Gasteiger partial charge in [0.25, 0.3) is 0 Å². The Balaban J connectivity index is 4.48. The van der Waals surface area contributed by atoms with E-state index in [1.807, 2.05) is 28.1 Å². The van der Waals surface area contributed by atoms with Gasteiger partial charge in [0.15, 0.2) is 5.50 Å². The smallest absolute Gasteiger partial charge is 0.314 e. The topological polar surface area (TPSA) is 54.4 Å². The van der Waals surface area contributed by atoms with Crippen LogP contribution < -0.4 is 0 Å². The van der Waals surface area contributed by atoms with Crippen LogP contribution in [-0.4, -0.2) is 48.0 Å². The molecular weight excluding hydrogens is 254 g/mol. The number of hydrogen-bond donors (Lipinski definition) is 1. The molecule has 4 nitrogen and oxygen atoms in total. The van der Waals surface area contributed by atoms with Crippen LogP contribution >= 0.6 is 11.6 Å². The third kappa shape index (κ3) is 6.36. The van der Waals surface area contributed by atoms with E-state index in [0.717, 1.165) is 19.3 Å². The molecule has 0 aliphatic heterocycles. The van der Waals surface area contributed by atoms with Crippen LogP contribution in [0.25, 0.3) is 0 Å².